The molecule has 1 N–H and O–H groups in total. The van der Waals surface area contributed by atoms with Crippen molar-refractivity contribution in [1.29, 1.82) is 5.26 Å². The number of hydrogen-bond donors (Lipinski definition) is 1. The fourth-order valence-corrected chi connectivity index (χ4v) is 3.76. The van der Waals surface area contributed by atoms with E-state index in [-0.39, 0.29) is 5.91 Å². The molecule has 2 aromatic carbocycles. The SMILES string of the molecule is N#Cc1c[nH]c2cccc(C(=O)N3CCN(C(F)Cc4ccccc4)CC3)c12. The number of halogens is 1. The minimum atomic E-state index is -1.06. The number of carbonyl (C=O) groups excluding carboxylic acids is 1. The molecular formula is C22H21FN4O. The third kappa shape index (κ3) is 3.49. The first-order valence-corrected chi connectivity index (χ1v) is 9.39. The first-order valence-electron chi connectivity index (χ1n) is 9.39. The lowest BCUT2D eigenvalue weighted by Gasteiger charge is -2.36. The van der Waals surface area contributed by atoms with Gasteiger partial charge in [-0.3, -0.25) is 9.69 Å². The molecule has 4 rings (SSSR count). The number of aromatic amines is 1. The number of nitriles is 1. The van der Waals surface area contributed by atoms with Gasteiger partial charge in [-0.2, -0.15) is 5.26 Å². The van der Waals surface area contributed by atoms with E-state index in [1.165, 1.54) is 0 Å². The van der Waals surface area contributed by atoms with Crippen LogP contribution in [0, 0.1) is 11.3 Å². The van der Waals surface area contributed by atoms with Crippen LogP contribution < -0.4 is 0 Å². The van der Waals surface area contributed by atoms with E-state index in [1.54, 1.807) is 28.1 Å². The molecule has 5 nitrogen and oxygen atoms in total. The molecule has 1 unspecified atom stereocenters. The molecular weight excluding hydrogens is 355 g/mol. The monoisotopic (exact) mass is 376 g/mol. The van der Waals surface area contributed by atoms with Crippen LogP contribution in [0.5, 0.6) is 0 Å². The van der Waals surface area contributed by atoms with Crippen molar-refractivity contribution in [3.63, 3.8) is 0 Å². The summed E-state index contributed by atoms with van der Waals surface area (Å²) in [4.78, 5) is 19.6. The zero-order chi connectivity index (χ0) is 19.5. The molecule has 142 valence electrons. The molecule has 1 saturated heterocycles. The number of fused-ring (bicyclic) bond motifs is 1. The summed E-state index contributed by atoms with van der Waals surface area (Å²) in [5.41, 5.74) is 2.72. The van der Waals surface area contributed by atoms with Crippen LogP contribution in [-0.2, 0) is 6.42 Å². The molecule has 0 radical (unpaired) electrons. The Bertz CT molecular complexity index is 1020. The molecule has 0 aliphatic carbocycles. The summed E-state index contributed by atoms with van der Waals surface area (Å²) in [5.74, 6) is -0.111. The Morgan fingerprint density at radius 1 is 1.11 bits per heavy atom. The summed E-state index contributed by atoms with van der Waals surface area (Å²) >= 11 is 0. The smallest absolute Gasteiger partial charge is 0.254 e. The van der Waals surface area contributed by atoms with Crippen molar-refractivity contribution in [1.82, 2.24) is 14.8 Å². The number of piperazine rings is 1. The fraction of sp³-hybridized carbons (Fsp3) is 0.273. The Labute approximate surface area is 163 Å². The lowest BCUT2D eigenvalue weighted by molar-refractivity contribution is 0.0281. The highest BCUT2D eigenvalue weighted by molar-refractivity contribution is 6.08. The van der Waals surface area contributed by atoms with Gasteiger partial charge >= 0.3 is 0 Å². The quantitative estimate of drug-likeness (QED) is 0.711. The van der Waals surface area contributed by atoms with E-state index in [0.717, 1.165) is 11.1 Å². The highest BCUT2D eigenvalue weighted by Gasteiger charge is 2.27. The van der Waals surface area contributed by atoms with Crippen LogP contribution in [0.4, 0.5) is 4.39 Å². The maximum absolute atomic E-state index is 14.7. The van der Waals surface area contributed by atoms with Gasteiger partial charge in [-0.25, -0.2) is 4.39 Å². The molecule has 0 spiro atoms. The number of nitrogens with one attached hydrogen (secondary N) is 1. The molecule has 3 aromatic rings. The summed E-state index contributed by atoms with van der Waals surface area (Å²) in [6.07, 6.45) is 0.914. The van der Waals surface area contributed by atoms with E-state index in [1.807, 2.05) is 36.4 Å². The van der Waals surface area contributed by atoms with Crippen molar-refractivity contribution in [2.45, 2.75) is 12.7 Å². The first kappa shape index (κ1) is 18.2. The first-order chi connectivity index (χ1) is 13.7. The second-order valence-electron chi connectivity index (χ2n) is 6.99. The zero-order valence-electron chi connectivity index (χ0n) is 15.4. The minimum Gasteiger partial charge on any atom is -0.360 e. The predicted octanol–water partition coefficient (Wildman–Crippen LogP) is 3.34. The minimum absolute atomic E-state index is 0.111. The number of alkyl halides is 1. The van der Waals surface area contributed by atoms with Gasteiger partial charge in [0.2, 0.25) is 0 Å². The number of nitrogens with zero attached hydrogens (tertiary/aromatic N) is 3. The standard InChI is InChI=1S/C22H21FN4O/c23-20(13-16-5-2-1-3-6-16)26-9-11-27(12-10-26)22(28)18-7-4-8-19-21(18)17(14-24)15-25-19/h1-8,15,20,25H,9-13H2. The van der Waals surface area contributed by atoms with Gasteiger partial charge in [0.15, 0.2) is 6.30 Å². The van der Waals surface area contributed by atoms with E-state index in [2.05, 4.69) is 11.1 Å². The van der Waals surface area contributed by atoms with E-state index in [9.17, 15) is 14.4 Å². The van der Waals surface area contributed by atoms with Crippen LogP contribution in [-0.4, -0.2) is 53.2 Å². The second-order valence-corrected chi connectivity index (χ2v) is 6.99. The normalized spacial score (nSPS) is 16.1. The Morgan fingerprint density at radius 3 is 2.57 bits per heavy atom. The largest absolute Gasteiger partial charge is 0.360 e. The summed E-state index contributed by atoms with van der Waals surface area (Å²) in [5, 5.41) is 9.97. The van der Waals surface area contributed by atoms with E-state index < -0.39 is 6.30 Å². The number of amides is 1. The van der Waals surface area contributed by atoms with Crippen LogP contribution in [0.25, 0.3) is 10.9 Å². The molecule has 28 heavy (non-hydrogen) atoms. The van der Waals surface area contributed by atoms with Crippen LogP contribution in [0.3, 0.4) is 0 Å². The van der Waals surface area contributed by atoms with Crippen molar-refractivity contribution in [3.05, 3.63) is 71.4 Å². The number of H-pyrrole nitrogens is 1. The summed E-state index contributed by atoms with van der Waals surface area (Å²) in [7, 11) is 0. The Balaban J connectivity index is 1.43. The van der Waals surface area contributed by atoms with Crippen LogP contribution in [0.15, 0.2) is 54.7 Å². The van der Waals surface area contributed by atoms with Crippen molar-refractivity contribution in [2.75, 3.05) is 26.2 Å². The van der Waals surface area contributed by atoms with Crippen LogP contribution >= 0.6 is 0 Å². The van der Waals surface area contributed by atoms with Gasteiger partial charge in [-0.15, -0.1) is 0 Å². The molecule has 1 fully saturated rings. The molecule has 1 aliphatic heterocycles. The van der Waals surface area contributed by atoms with Gasteiger partial charge in [-0.05, 0) is 17.7 Å². The molecule has 6 heteroatoms. The van der Waals surface area contributed by atoms with Crippen LogP contribution in [0.1, 0.15) is 21.5 Å². The van der Waals surface area contributed by atoms with Gasteiger partial charge in [-0.1, -0.05) is 36.4 Å². The van der Waals surface area contributed by atoms with Gasteiger partial charge in [0, 0.05) is 49.7 Å². The van der Waals surface area contributed by atoms with Crippen molar-refractivity contribution >= 4 is 16.8 Å². The molecule has 1 amide bonds. The number of carbonyl (C=O) groups is 1. The summed E-state index contributed by atoms with van der Waals surface area (Å²) in [6, 6.07) is 17.1. The van der Waals surface area contributed by atoms with Gasteiger partial charge in [0.25, 0.3) is 5.91 Å². The third-order valence-corrected chi connectivity index (χ3v) is 5.30. The summed E-state index contributed by atoms with van der Waals surface area (Å²) in [6.45, 7) is 1.93. The topological polar surface area (TPSA) is 63.1 Å². The maximum atomic E-state index is 14.7. The Hall–Kier alpha value is -3.17. The number of benzene rings is 2. The van der Waals surface area contributed by atoms with Crippen LogP contribution in [0.2, 0.25) is 0 Å². The average molecular weight is 376 g/mol. The Kier molecular flexibility index (Phi) is 5.09. The number of rotatable bonds is 4. The van der Waals surface area contributed by atoms with Gasteiger partial charge in [0.05, 0.1) is 11.1 Å². The third-order valence-electron chi connectivity index (χ3n) is 5.30. The lowest BCUT2D eigenvalue weighted by Crippen LogP contribution is -2.51. The highest BCUT2D eigenvalue weighted by Crippen LogP contribution is 2.24. The van der Waals surface area contributed by atoms with Gasteiger partial charge < -0.3 is 9.88 Å². The lowest BCUT2D eigenvalue weighted by atomic mass is 10.0. The fourth-order valence-electron chi connectivity index (χ4n) is 3.76. The predicted molar refractivity (Wildman–Crippen MR) is 106 cm³/mol. The Morgan fingerprint density at radius 2 is 1.86 bits per heavy atom. The highest BCUT2D eigenvalue weighted by atomic mass is 19.1. The molecule has 1 aliphatic rings. The van der Waals surface area contributed by atoms with Crippen molar-refractivity contribution in [2.24, 2.45) is 0 Å². The molecule has 1 aromatic heterocycles. The number of hydrogen-bond acceptors (Lipinski definition) is 3. The van der Waals surface area contributed by atoms with Crippen molar-refractivity contribution < 1.29 is 9.18 Å². The average Bonchev–Trinajstić information content (AvgIpc) is 3.17. The van der Waals surface area contributed by atoms with Gasteiger partial charge in [0.1, 0.15) is 6.07 Å². The summed E-state index contributed by atoms with van der Waals surface area (Å²) < 4.78 is 14.7. The molecule has 0 saturated carbocycles. The van der Waals surface area contributed by atoms with Crippen molar-refractivity contribution in [3.8, 4) is 6.07 Å². The maximum Gasteiger partial charge on any atom is 0.254 e. The molecule has 0 bridgehead atoms. The second kappa shape index (κ2) is 7.83. The van der Waals surface area contributed by atoms with E-state index in [0.29, 0.717) is 49.1 Å². The van der Waals surface area contributed by atoms with E-state index in [4.69, 9.17) is 0 Å². The zero-order valence-corrected chi connectivity index (χ0v) is 15.4. The number of aromatic nitrogens is 1. The molecule has 2 heterocycles. The van der Waals surface area contributed by atoms with E-state index >= 15 is 0 Å². The molecule has 1 atom stereocenters.